The van der Waals surface area contributed by atoms with Crippen LogP contribution in [-0.2, 0) is 27.1 Å². The Hall–Kier alpha value is -1.15. The van der Waals surface area contributed by atoms with E-state index in [9.17, 15) is 13.2 Å². The lowest BCUT2D eigenvalue weighted by Crippen LogP contribution is -2.32. The Kier molecular flexibility index (Phi) is 10.1. The van der Waals surface area contributed by atoms with Gasteiger partial charge in [-0.05, 0) is 37.9 Å². The summed E-state index contributed by atoms with van der Waals surface area (Å²) in [4.78, 5) is 11.6. The second-order valence-electron chi connectivity index (χ2n) is 5.47. The predicted molar refractivity (Wildman–Crippen MR) is 94.7 cm³/mol. The van der Waals surface area contributed by atoms with Crippen molar-refractivity contribution in [3.63, 3.8) is 0 Å². The molecule has 8 heteroatoms. The van der Waals surface area contributed by atoms with Crippen LogP contribution in [0.5, 0.6) is 0 Å². The summed E-state index contributed by atoms with van der Waals surface area (Å²) in [6.45, 7) is 4.35. The SMILES string of the molecule is CC(C)NS(=O)(=O)Cc1ccccc1CNC(=O)CCCN.Cl. The number of amides is 1. The maximum atomic E-state index is 12.0. The zero-order valence-electron chi connectivity index (χ0n) is 13.5. The molecule has 0 aliphatic carbocycles. The maximum absolute atomic E-state index is 12.0. The van der Waals surface area contributed by atoms with Gasteiger partial charge in [0, 0.05) is 19.0 Å². The zero-order valence-corrected chi connectivity index (χ0v) is 15.2. The third kappa shape index (κ3) is 8.90. The molecule has 0 atom stereocenters. The molecule has 0 aliphatic rings. The molecule has 1 aromatic rings. The molecule has 1 rings (SSSR count). The first-order valence-corrected chi connectivity index (χ1v) is 9.03. The summed E-state index contributed by atoms with van der Waals surface area (Å²) in [7, 11) is -3.39. The van der Waals surface area contributed by atoms with Gasteiger partial charge in [0.25, 0.3) is 0 Å². The van der Waals surface area contributed by atoms with Crippen molar-refractivity contribution in [2.45, 2.75) is 45.0 Å². The number of carbonyl (C=O) groups is 1. The van der Waals surface area contributed by atoms with E-state index in [1.807, 2.05) is 12.1 Å². The number of carbonyl (C=O) groups excluding carboxylic acids is 1. The number of hydrogen-bond acceptors (Lipinski definition) is 4. The lowest BCUT2D eigenvalue weighted by Gasteiger charge is -2.13. The molecule has 1 aromatic carbocycles. The zero-order chi connectivity index (χ0) is 16.6. The van der Waals surface area contributed by atoms with E-state index in [1.54, 1.807) is 26.0 Å². The highest BCUT2D eigenvalue weighted by atomic mass is 35.5. The molecular weight excluding hydrogens is 338 g/mol. The Balaban J connectivity index is 0.00000484. The lowest BCUT2D eigenvalue weighted by atomic mass is 10.1. The molecule has 0 unspecified atom stereocenters. The number of nitrogens with two attached hydrogens (primary N) is 1. The highest BCUT2D eigenvalue weighted by molar-refractivity contribution is 7.88. The van der Waals surface area contributed by atoms with Crippen LogP contribution < -0.4 is 15.8 Å². The van der Waals surface area contributed by atoms with Crippen molar-refractivity contribution < 1.29 is 13.2 Å². The van der Waals surface area contributed by atoms with Gasteiger partial charge in [-0.15, -0.1) is 12.4 Å². The van der Waals surface area contributed by atoms with E-state index in [1.165, 1.54) is 0 Å². The Morgan fingerprint density at radius 2 is 1.83 bits per heavy atom. The fourth-order valence-corrected chi connectivity index (χ4v) is 3.51. The normalized spacial score (nSPS) is 11.1. The van der Waals surface area contributed by atoms with Crippen molar-refractivity contribution in [1.82, 2.24) is 10.0 Å². The molecule has 0 aliphatic heterocycles. The third-order valence-corrected chi connectivity index (χ3v) is 4.48. The number of hydrogen-bond donors (Lipinski definition) is 3. The summed E-state index contributed by atoms with van der Waals surface area (Å²) in [6.07, 6.45) is 1.02. The van der Waals surface area contributed by atoms with Crippen LogP contribution in [0.2, 0.25) is 0 Å². The van der Waals surface area contributed by atoms with E-state index in [0.29, 0.717) is 31.5 Å². The van der Waals surface area contributed by atoms with Gasteiger partial charge in [-0.1, -0.05) is 24.3 Å². The van der Waals surface area contributed by atoms with Crippen LogP contribution in [0.1, 0.15) is 37.8 Å². The molecule has 0 radical (unpaired) electrons. The third-order valence-electron chi connectivity index (χ3n) is 2.96. The average molecular weight is 364 g/mol. The molecule has 23 heavy (non-hydrogen) atoms. The summed E-state index contributed by atoms with van der Waals surface area (Å²) in [5.74, 6) is -0.177. The largest absolute Gasteiger partial charge is 0.352 e. The van der Waals surface area contributed by atoms with E-state index in [0.717, 1.165) is 5.56 Å². The van der Waals surface area contributed by atoms with E-state index in [4.69, 9.17) is 5.73 Å². The predicted octanol–water partition coefficient (Wildman–Crippen LogP) is 1.29. The van der Waals surface area contributed by atoms with Crippen molar-refractivity contribution in [3.8, 4) is 0 Å². The first-order chi connectivity index (χ1) is 10.3. The molecule has 132 valence electrons. The molecule has 0 saturated heterocycles. The van der Waals surface area contributed by atoms with Gasteiger partial charge in [0.2, 0.25) is 15.9 Å². The Morgan fingerprint density at radius 1 is 1.22 bits per heavy atom. The van der Waals surface area contributed by atoms with Crippen LogP contribution in [0, 0.1) is 0 Å². The number of halogens is 1. The van der Waals surface area contributed by atoms with Crippen LogP contribution in [0.15, 0.2) is 24.3 Å². The van der Waals surface area contributed by atoms with E-state index in [-0.39, 0.29) is 30.1 Å². The minimum Gasteiger partial charge on any atom is -0.352 e. The molecule has 0 spiro atoms. The van der Waals surface area contributed by atoms with Gasteiger partial charge in [0.15, 0.2) is 0 Å². The van der Waals surface area contributed by atoms with Crippen LogP contribution in [-0.4, -0.2) is 26.9 Å². The summed E-state index contributed by atoms with van der Waals surface area (Å²) < 4.78 is 26.6. The highest BCUT2D eigenvalue weighted by Crippen LogP contribution is 2.12. The first-order valence-electron chi connectivity index (χ1n) is 7.37. The molecular formula is C15H26ClN3O3S. The Bertz CT molecular complexity index is 591. The van der Waals surface area contributed by atoms with Crippen LogP contribution >= 0.6 is 12.4 Å². The maximum Gasteiger partial charge on any atom is 0.220 e. The van der Waals surface area contributed by atoms with E-state index in [2.05, 4.69) is 10.0 Å². The molecule has 4 N–H and O–H groups in total. The smallest absolute Gasteiger partial charge is 0.220 e. The molecule has 0 fully saturated rings. The van der Waals surface area contributed by atoms with Crippen LogP contribution in [0.3, 0.4) is 0 Å². The molecule has 1 amide bonds. The number of benzene rings is 1. The summed E-state index contributed by atoms with van der Waals surface area (Å²) in [5.41, 5.74) is 6.86. The van der Waals surface area contributed by atoms with Crippen molar-refractivity contribution in [2.75, 3.05) is 6.54 Å². The fraction of sp³-hybridized carbons (Fsp3) is 0.533. The van der Waals surface area contributed by atoms with E-state index >= 15 is 0 Å². The minimum atomic E-state index is -3.39. The second-order valence-corrected chi connectivity index (χ2v) is 7.22. The molecule has 0 aromatic heterocycles. The monoisotopic (exact) mass is 363 g/mol. The second kappa shape index (κ2) is 10.6. The van der Waals surface area contributed by atoms with Crippen LogP contribution in [0.25, 0.3) is 0 Å². The van der Waals surface area contributed by atoms with Gasteiger partial charge in [-0.25, -0.2) is 13.1 Å². The minimum absolute atomic E-state index is 0. The van der Waals surface area contributed by atoms with Gasteiger partial charge >= 0.3 is 0 Å². The van der Waals surface area contributed by atoms with Gasteiger partial charge in [0.05, 0.1) is 5.75 Å². The van der Waals surface area contributed by atoms with Crippen molar-refractivity contribution in [2.24, 2.45) is 5.73 Å². The molecule has 0 bridgehead atoms. The lowest BCUT2D eigenvalue weighted by molar-refractivity contribution is -0.121. The number of rotatable bonds is 9. The molecule has 0 heterocycles. The van der Waals surface area contributed by atoms with Gasteiger partial charge in [-0.2, -0.15) is 0 Å². The molecule has 0 saturated carbocycles. The van der Waals surface area contributed by atoms with Crippen molar-refractivity contribution in [1.29, 1.82) is 0 Å². The van der Waals surface area contributed by atoms with Crippen molar-refractivity contribution in [3.05, 3.63) is 35.4 Å². The van der Waals surface area contributed by atoms with Gasteiger partial charge in [-0.3, -0.25) is 4.79 Å². The topological polar surface area (TPSA) is 101 Å². The fourth-order valence-electron chi connectivity index (χ4n) is 2.02. The molecule has 6 nitrogen and oxygen atoms in total. The Morgan fingerprint density at radius 3 is 2.39 bits per heavy atom. The first kappa shape index (κ1) is 21.9. The van der Waals surface area contributed by atoms with Crippen molar-refractivity contribution >= 4 is 28.3 Å². The summed E-state index contributed by atoms with van der Waals surface area (Å²) in [5, 5.41) is 2.79. The van der Waals surface area contributed by atoms with Gasteiger partial charge < -0.3 is 11.1 Å². The number of sulfonamides is 1. The number of nitrogens with one attached hydrogen (secondary N) is 2. The summed E-state index contributed by atoms with van der Waals surface area (Å²) in [6, 6.07) is 7.06. The summed E-state index contributed by atoms with van der Waals surface area (Å²) >= 11 is 0. The Labute approximate surface area is 144 Å². The highest BCUT2D eigenvalue weighted by Gasteiger charge is 2.15. The standard InChI is InChI=1S/C15H25N3O3S.ClH/c1-12(2)18-22(20,21)11-14-7-4-3-6-13(14)10-17-15(19)8-5-9-16;/h3-4,6-7,12,18H,5,8-11,16H2,1-2H3,(H,17,19);1H. The van der Waals surface area contributed by atoms with E-state index < -0.39 is 10.0 Å². The quantitative estimate of drug-likeness (QED) is 0.615. The average Bonchev–Trinajstić information content (AvgIpc) is 2.42. The van der Waals surface area contributed by atoms with Crippen LogP contribution in [0.4, 0.5) is 0 Å². The van der Waals surface area contributed by atoms with Gasteiger partial charge in [0.1, 0.15) is 0 Å².